The molecule has 0 aliphatic carbocycles. The van der Waals surface area contributed by atoms with E-state index in [0.717, 1.165) is 25.9 Å². The van der Waals surface area contributed by atoms with Gasteiger partial charge in [0.25, 0.3) is 0 Å². The largest absolute Gasteiger partial charge is 0.368 e. The Balaban J connectivity index is 1.89. The van der Waals surface area contributed by atoms with Gasteiger partial charge in [-0.15, -0.1) is 0 Å². The summed E-state index contributed by atoms with van der Waals surface area (Å²) < 4.78 is 5.70. The fourth-order valence-corrected chi connectivity index (χ4v) is 2.88. The van der Waals surface area contributed by atoms with Gasteiger partial charge in [-0.1, -0.05) is 0 Å². The number of carbonyl (C=O) groups excluding carboxylic acids is 2. The maximum atomic E-state index is 12.3. The number of rotatable bonds is 3. The number of likely N-dealkylation sites (N-methyl/N-ethyl adjacent to an activating group) is 1. The molecule has 6 nitrogen and oxygen atoms in total. The van der Waals surface area contributed by atoms with E-state index in [1.165, 1.54) is 0 Å². The molecule has 2 rings (SSSR count). The number of piperazine rings is 1. The predicted octanol–water partition coefficient (Wildman–Crippen LogP) is -0.166. The first kappa shape index (κ1) is 15.3. The van der Waals surface area contributed by atoms with Gasteiger partial charge in [-0.3, -0.25) is 9.59 Å². The molecule has 0 saturated carbocycles. The van der Waals surface area contributed by atoms with E-state index in [-0.39, 0.29) is 24.5 Å². The molecule has 2 aliphatic rings. The smallest absolute Gasteiger partial charge is 0.249 e. The summed E-state index contributed by atoms with van der Waals surface area (Å²) in [6.45, 7) is 6.71. The highest BCUT2D eigenvalue weighted by Gasteiger charge is 2.42. The van der Waals surface area contributed by atoms with Crippen molar-refractivity contribution in [1.29, 1.82) is 0 Å². The van der Waals surface area contributed by atoms with Crippen LogP contribution in [0.1, 0.15) is 26.7 Å². The zero-order valence-electron chi connectivity index (χ0n) is 12.6. The lowest BCUT2D eigenvalue weighted by molar-refractivity contribution is -0.160. The molecule has 0 bridgehead atoms. The van der Waals surface area contributed by atoms with Crippen LogP contribution >= 0.6 is 0 Å². The number of ether oxygens (including phenoxy) is 1. The Morgan fingerprint density at radius 1 is 1.35 bits per heavy atom. The Hall–Kier alpha value is -1.14. The zero-order chi connectivity index (χ0) is 14.8. The number of amides is 2. The van der Waals surface area contributed by atoms with Crippen LogP contribution in [0.25, 0.3) is 0 Å². The molecule has 0 spiro atoms. The molecule has 2 aliphatic heterocycles. The van der Waals surface area contributed by atoms with E-state index in [1.807, 2.05) is 0 Å². The summed E-state index contributed by atoms with van der Waals surface area (Å²) in [5.74, 6) is -0.103. The maximum absolute atomic E-state index is 12.3. The second-order valence-electron chi connectivity index (χ2n) is 6.09. The number of carbonyl (C=O) groups is 2. The lowest BCUT2D eigenvalue weighted by Gasteiger charge is -2.44. The third-order valence-electron chi connectivity index (χ3n) is 4.23. The van der Waals surface area contributed by atoms with Crippen molar-refractivity contribution in [1.82, 2.24) is 15.1 Å². The Labute approximate surface area is 120 Å². The SMILES string of the molecule is CN1CCN(C(=O)COC2CCNCC2)C(C)(C)C1=O. The summed E-state index contributed by atoms with van der Waals surface area (Å²) in [4.78, 5) is 27.8. The highest BCUT2D eigenvalue weighted by molar-refractivity contribution is 5.92. The van der Waals surface area contributed by atoms with Gasteiger partial charge in [-0.05, 0) is 39.8 Å². The zero-order valence-corrected chi connectivity index (χ0v) is 12.6. The van der Waals surface area contributed by atoms with Gasteiger partial charge in [0.15, 0.2) is 0 Å². The first-order valence-corrected chi connectivity index (χ1v) is 7.31. The molecule has 0 unspecified atom stereocenters. The quantitative estimate of drug-likeness (QED) is 0.781. The fraction of sp³-hybridized carbons (Fsp3) is 0.857. The third kappa shape index (κ3) is 3.12. The molecule has 2 fully saturated rings. The molecule has 20 heavy (non-hydrogen) atoms. The topological polar surface area (TPSA) is 61.9 Å². The molecule has 0 atom stereocenters. The van der Waals surface area contributed by atoms with Crippen molar-refractivity contribution in [2.45, 2.75) is 38.3 Å². The molecule has 0 aromatic rings. The van der Waals surface area contributed by atoms with Crippen LogP contribution in [0.5, 0.6) is 0 Å². The van der Waals surface area contributed by atoms with Gasteiger partial charge >= 0.3 is 0 Å². The van der Waals surface area contributed by atoms with Gasteiger partial charge < -0.3 is 19.9 Å². The molecule has 1 N–H and O–H groups in total. The molecule has 0 radical (unpaired) electrons. The highest BCUT2D eigenvalue weighted by atomic mass is 16.5. The number of nitrogens with one attached hydrogen (secondary N) is 1. The van der Waals surface area contributed by atoms with Crippen LogP contribution in [-0.4, -0.2) is 73.1 Å². The van der Waals surface area contributed by atoms with Crippen LogP contribution in [-0.2, 0) is 14.3 Å². The molecular weight excluding hydrogens is 258 g/mol. The summed E-state index contributed by atoms with van der Waals surface area (Å²) in [7, 11) is 1.78. The Kier molecular flexibility index (Phi) is 4.65. The predicted molar refractivity (Wildman–Crippen MR) is 75.3 cm³/mol. The van der Waals surface area contributed by atoms with E-state index in [4.69, 9.17) is 4.74 Å². The Morgan fingerprint density at radius 2 is 2.00 bits per heavy atom. The van der Waals surface area contributed by atoms with Gasteiger partial charge in [-0.25, -0.2) is 0 Å². The van der Waals surface area contributed by atoms with Gasteiger partial charge in [0.05, 0.1) is 6.10 Å². The minimum absolute atomic E-state index is 0.0148. The highest BCUT2D eigenvalue weighted by Crippen LogP contribution is 2.22. The average molecular weight is 283 g/mol. The van der Waals surface area contributed by atoms with Gasteiger partial charge in [0.2, 0.25) is 11.8 Å². The number of hydrogen-bond donors (Lipinski definition) is 1. The molecular formula is C14H25N3O3. The van der Waals surface area contributed by atoms with Crippen molar-refractivity contribution in [3.05, 3.63) is 0 Å². The summed E-state index contributed by atoms with van der Waals surface area (Å²) in [6.07, 6.45) is 2.04. The van der Waals surface area contributed by atoms with Crippen molar-refractivity contribution in [3.8, 4) is 0 Å². The number of hydrogen-bond acceptors (Lipinski definition) is 4. The van der Waals surface area contributed by atoms with Crippen molar-refractivity contribution in [3.63, 3.8) is 0 Å². The van der Waals surface area contributed by atoms with E-state index in [1.54, 1.807) is 30.7 Å². The maximum Gasteiger partial charge on any atom is 0.249 e. The molecule has 0 aromatic heterocycles. The summed E-state index contributed by atoms with van der Waals surface area (Å²) in [5.41, 5.74) is -0.776. The second-order valence-corrected chi connectivity index (χ2v) is 6.09. The van der Waals surface area contributed by atoms with E-state index in [2.05, 4.69) is 5.32 Å². The van der Waals surface area contributed by atoms with Crippen LogP contribution in [0.2, 0.25) is 0 Å². The molecule has 2 saturated heterocycles. The lowest BCUT2D eigenvalue weighted by atomic mass is 9.98. The van der Waals surface area contributed by atoms with E-state index < -0.39 is 5.54 Å². The van der Waals surface area contributed by atoms with Crippen molar-refractivity contribution in [2.24, 2.45) is 0 Å². The van der Waals surface area contributed by atoms with Crippen LogP contribution in [0.15, 0.2) is 0 Å². The Bertz CT molecular complexity index is 378. The lowest BCUT2D eigenvalue weighted by Crippen LogP contribution is -2.64. The van der Waals surface area contributed by atoms with Crippen LogP contribution < -0.4 is 5.32 Å². The van der Waals surface area contributed by atoms with Crippen molar-refractivity contribution in [2.75, 3.05) is 39.8 Å². The average Bonchev–Trinajstić information content (AvgIpc) is 2.43. The van der Waals surface area contributed by atoms with Gasteiger partial charge in [-0.2, -0.15) is 0 Å². The molecule has 6 heteroatoms. The Morgan fingerprint density at radius 3 is 2.65 bits per heavy atom. The monoisotopic (exact) mass is 283 g/mol. The van der Waals surface area contributed by atoms with Crippen LogP contribution in [0, 0.1) is 0 Å². The van der Waals surface area contributed by atoms with Crippen molar-refractivity contribution < 1.29 is 14.3 Å². The molecule has 114 valence electrons. The van der Waals surface area contributed by atoms with E-state index in [9.17, 15) is 9.59 Å². The molecule has 2 amide bonds. The fourth-order valence-electron chi connectivity index (χ4n) is 2.88. The first-order chi connectivity index (χ1) is 9.43. The minimum atomic E-state index is -0.776. The van der Waals surface area contributed by atoms with E-state index in [0.29, 0.717) is 13.1 Å². The van der Waals surface area contributed by atoms with Crippen LogP contribution in [0.3, 0.4) is 0 Å². The van der Waals surface area contributed by atoms with Crippen LogP contribution in [0.4, 0.5) is 0 Å². The normalized spacial score (nSPS) is 24.1. The second kappa shape index (κ2) is 6.10. The van der Waals surface area contributed by atoms with Crippen molar-refractivity contribution >= 4 is 11.8 Å². The first-order valence-electron chi connectivity index (χ1n) is 7.31. The van der Waals surface area contributed by atoms with Gasteiger partial charge in [0, 0.05) is 20.1 Å². The van der Waals surface area contributed by atoms with E-state index >= 15 is 0 Å². The summed E-state index contributed by atoms with van der Waals surface area (Å²) in [6, 6.07) is 0. The summed E-state index contributed by atoms with van der Waals surface area (Å²) in [5, 5.41) is 3.26. The molecule has 0 aromatic carbocycles. The van der Waals surface area contributed by atoms with Gasteiger partial charge in [0.1, 0.15) is 12.1 Å². The number of piperidine rings is 1. The number of nitrogens with zero attached hydrogens (tertiary/aromatic N) is 2. The standard InChI is InChI=1S/C14H25N3O3/c1-14(2)13(19)16(3)8-9-17(14)12(18)10-20-11-4-6-15-7-5-11/h11,15H,4-10H2,1-3H3. The molecule has 2 heterocycles. The minimum Gasteiger partial charge on any atom is -0.368 e. The third-order valence-corrected chi connectivity index (χ3v) is 4.23. The summed E-state index contributed by atoms with van der Waals surface area (Å²) >= 11 is 0.